The number of rotatable bonds is 12. The van der Waals surface area contributed by atoms with Crippen molar-refractivity contribution in [3.8, 4) is 17.3 Å². The largest absolute Gasteiger partial charge is 0.439 e. The summed E-state index contributed by atoms with van der Waals surface area (Å²) in [7, 11) is 0. The van der Waals surface area contributed by atoms with E-state index < -0.39 is 0 Å². The summed E-state index contributed by atoms with van der Waals surface area (Å²) in [5.41, 5.74) is 3.04. The SMILES string of the molecule is CCC[C@H](O)CN(Cc1c(CC)nn(-c2ccccc2)c1Oc1ccccc1)C[C@H]1CCCO1. The summed E-state index contributed by atoms with van der Waals surface area (Å²) in [4.78, 5) is 2.32. The molecule has 1 saturated heterocycles. The molecule has 0 amide bonds. The van der Waals surface area contributed by atoms with Crippen molar-refractivity contribution in [2.24, 2.45) is 0 Å². The van der Waals surface area contributed by atoms with Gasteiger partial charge in [-0.1, -0.05) is 56.7 Å². The first-order valence-electron chi connectivity index (χ1n) is 12.6. The zero-order chi connectivity index (χ0) is 23.8. The van der Waals surface area contributed by atoms with Gasteiger partial charge >= 0.3 is 0 Å². The fraction of sp³-hybridized carbons (Fsp3) is 0.464. The third kappa shape index (κ3) is 6.26. The van der Waals surface area contributed by atoms with Crippen LogP contribution < -0.4 is 4.74 Å². The van der Waals surface area contributed by atoms with Crippen LogP contribution in [0.1, 0.15) is 50.8 Å². The van der Waals surface area contributed by atoms with Crippen molar-refractivity contribution < 1.29 is 14.6 Å². The Bertz CT molecular complexity index is 1000. The molecule has 0 unspecified atom stereocenters. The van der Waals surface area contributed by atoms with Crippen molar-refractivity contribution in [3.63, 3.8) is 0 Å². The van der Waals surface area contributed by atoms with E-state index in [1.807, 2.05) is 65.3 Å². The van der Waals surface area contributed by atoms with Crippen LogP contribution in [0.25, 0.3) is 5.69 Å². The first kappa shape index (κ1) is 24.5. The molecular formula is C28H37N3O3. The molecule has 2 aromatic carbocycles. The molecule has 1 fully saturated rings. The van der Waals surface area contributed by atoms with Gasteiger partial charge in [-0.25, -0.2) is 4.68 Å². The van der Waals surface area contributed by atoms with Gasteiger partial charge in [-0.3, -0.25) is 4.90 Å². The molecule has 6 nitrogen and oxygen atoms in total. The topological polar surface area (TPSA) is 59.8 Å². The van der Waals surface area contributed by atoms with Gasteiger partial charge in [-0.2, -0.15) is 5.10 Å². The fourth-order valence-electron chi connectivity index (χ4n) is 4.60. The molecular weight excluding hydrogens is 426 g/mol. The molecule has 1 aliphatic heterocycles. The molecule has 0 radical (unpaired) electrons. The van der Waals surface area contributed by atoms with Crippen LogP contribution in [0.4, 0.5) is 0 Å². The van der Waals surface area contributed by atoms with E-state index in [0.717, 1.165) is 73.8 Å². The lowest BCUT2D eigenvalue weighted by Gasteiger charge is -2.27. The van der Waals surface area contributed by atoms with Crippen LogP contribution in [0.15, 0.2) is 60.7 Å². The Morgan fingerprint density at radius 3 is 2.50 bits per heavy atom. The van der Waals surface area contributed by atoms with Crippen LogP contribution >= 0.6 is 0 Å². The molecule has 182 valence electrons. The quantitative estimate of drug-likeness (QED) is 0.391. The monoisotopic (exact) mass is 463 g/mol. The van der Waals surface area contributed by atoms with Gasteiger partial charge in [-0.15, -0.1) is 0 Å². The maximum absolute atomic E-state index is 10.7. The van der Waals surface area contributed by atoms with Gasteiger partial charge in [-0.05, 0) is 49.9 Å². The van der Waals surface area contributed by atoms with E-state index >= 15 is 0 Å². The number of aromatic nitrogens is 2. The fourth-order valence-corrected chi connectivity index (χ4v) is 4.60. The molecule has 0 aliphatic carbocycles. The zero-order valence-electron chi connectivity index (χ0n) is 20.4. The summed E-state index contributed by atoms with van der Waals surface area (Å²) in [5, 5.41) is 15.6. The summed E-state index contributed by atoms with van der Waals surface area (Å²) >= 11 is 0. The molecule has 6 heteroatoms. The van der Waals surface area contributed by atoms with Crippen molar-refractivity contribution in [2.45, 2.75) is 64.7 Å². The van der Waals surface area contributed by atoms with Crippen LogP contribution in [0.2, 0.25) is 0 Å². The van der Waals surface area contributed by atoms with Crippen molar-refractivity contribution in [2.75, 3.05) is 19.7 Å². The number of aryl methyl sites for hydroxylation is 1. The Balaban J connectivity index is 1.70. The van der Waals surface area contributed by atoms with Gasteiger partial charge in [0, 0.05) is 26.2 Å². The first-order chi connectivity index (χ1) is 16.7. The van der Waals surface area contributed by atoms with Crippen molar-refractivity contribution >= 4 is 0 Å². The molecule has 2 heterocycles. The smallest absolute Gasteiger partial charge is 0.227 e. The van der Waals surface area contributed by atoms with Crippen LogP contribution in [0.3, 0.4) is 0 Å². The van der Waals surface area contributed by atoms with E-state index in [9.17, 15) is 5.11 Å². The van der Waals surface area contributed by atoms with Crippen LogP contribution in [0, 0.1) is 0 Å². The molecule has 0 spiro atoms. The minimum absolute atomic E-state index is 0.210. The predicted molar refractivity (Wildman–Crippen MR) is 135 cm³/mol. The van der Waals surface area contributed by atoms with E-state index in [2.05, 4.69) is 18.7 Å². The number of benzene rings is 2. The van der Waals surface area contributed by atoms with Gasteiger partial charge in [0.15, 0.2) is 0 Å². The second kappa shape index (κ2) is 12.2. The zero-order valence-corrected chi connectivity index (χ0v) is 20.4. The number of ether oxygens (including phenoxy) is 2. The molecule has 1 aromatic heterocycles. The minimum atomic E-state index is -0.362. The number of hydrogen-bond acceptors (Lipinski definition) is 5. The third-order valence-corrected chi connectivity index (χ3v) is 6.27. The average Bonchev–Trinajstić information content (AvgIpc) is 3.48. The maximum Gasteiger partial charge on any atom is 0.227 e. The minimum Gasteiger partial charge on any atom is -0.439 e. The van der Waals surface area contributed by atoms with Gasteiger partial charge < -0.3 is 14.6 Å². The highest BCUT2D eigenvalue weighted by molar-refractivity contribution is 5.43. The number of aliphatic hydroxyl groups is 1. The van der Waals surface area contributed by atoms with Gasteiger partial charge in [0.2, 0.25) is 5.88 Å². The molecule has 1 aliphatic rings. The highest BCUT2D eigenvalue weighted by Crippen LogP contribution is 2.32. The Labute approximate surface area is 203 Å². The van der Waals surface area contributed by atoms with Gasteiger partial charge in [0.05, 0.1) is 29.2 Å². The third-order valence-electron chi connectivity index (χ3n) is 6.27. The summed E-state index contributed by atoms with van der Waals surface area (Å²) in [6.45, 7) is 7.12. The number of aliphatic hydroxyl groups excluding tert-OH is 1. The van der Waals surface area contributed by atoms with Crippen molar-refractivity contribution in [1.29, 1.82) is 0 Å². The van der Waals surface area contributed by atoms with Crippen molar-refractivity contribution in [1.82, 2.24) is 14.7 Å². The predicted octanol–water partition coefficient (Wildman–Crippen LogP) is 5.37. The second-order valence-electron chi connectivity index (χ2n) is 9.02. The van der Waals surface area contributed by atoms with Crippen LogP contribution in [-0.4, -0.2) is 51.7 Å². The van der Waals surface area contributed by atoms with E-state index in [0.29, 0.717) is 13.1 Å². The molecule has 4 rings (SSSR count). The van der Waals surface area contributed by atoms with Gasteiger partial charge in [0.25, 0.3) is 0 Å². The molecule has 0 bridgehead atoms. The Kier molecular flexibility index (Phi) is 8.74. The summed E-state index contributed by atoms with van der Waals surface area (Å²) in [6, 6.07) is 20.0. The van der Waals surface area contributed by atoms with Crippen molar-refractivity contribution in [3.05, 3.63) is 71.9 Å². The second-order valence-corrected chi connectivity index (χ2v) is 9.02. The lowest BCUT2D eigenvalue weighted by molar-refractivity contribution is 0.0437. The molecule has 1 N–H and O–H groups in total. The van der Waals surface area contributed by atoms with E-state index in [-0.39, 0.29) is 12.2 Å². The van der Waals surface area contributed by atoms with Crippen LogP contribution in [0.5, 0.6) is 11.6 Å². The molecule has 0 saturated carbocycles. The van der Waals surface area contributed by atoms with Gasteiger partial charge in [0.1, 0.15) is 5.75 Å². The summed E-state index contributed by atoms with van der Waals surface area (Å²) < 4.78 is 14.3. The molecule has 2 atom stereocenters. The summed E-state index contributed by atoms with van der Waals surface area (Å²) in [5.74, 6) is 1.51. The average molecular weight is 464 g/mol. The Hall–Kier alpha value is -2.67. The first-order valence-corrected chi connectivity index (χ1v) is 12.6. The highest BCUT2D eigenvalue weighted by Gasteiger charge is 2.26. The van der Waals surface area contributed by atoms with E-state index in [1.165, 1.54) is 0 Å². The number of hydrogen-bond donors (Lipinski definition) is 1. The van der Waals surface area contributed by atoms with E-state index in [1.54, 1.807) is 0 Å². The summed E-state index contributed by atoms with van der Waals surface area (Å²) in [6.07, 6.45) is 4.57. The normalized spacial score (nSPS) is 16.8. The number of nitrogens with zero attached hydrogens (tertiary/aromatic N) is 3. The Morgan fingerprint density at radius 1 is 1.12 bits per heavy atom. The Morgan fingerprint density at radius 2 is 1.85 bits per heavy atom. The van der Waals surface area contributed by atoms with E-state index in [4.69, 9.17) is 14.6 Å². The standard InChI is InChI=1S/C28H37N3O3/c1-3-12-23(32)19-30(20-25-17-11-18-33-25)21-26-27(4-2)29-31(22-13-7-5-8-14-22)28(26)34-24-15-9-6-10-16-24/h5-10,13-16,23,25,32H,3-4,11-12,17-21H2,1-2H3/t23-,25+/m0/s1. The maximum atomic E-state index is 10.7. The molecule has 34 heavy (non-hydrogen) atoms. The van der Waals surface area contributed by atoms with Crippen LogP contribution in [-0.2, 0) is 17.7 Å². The highest BCUT2D eigenvalue weighted by atomic mass is 16.5. The lowest BCUT2D eigenvalue weighted by Crippen LogP contribution is -2.37. The number of para-hydroxylation sites is 2. The molecule has 3 aromatic rings. The lowest BCUT2D eigenvalue weighted by atomic mass is 10.1.